The van der Waals surface area contributed by atoms with E-state index in [1.807, 2.05) is 64.1 Å². The zero-order chi connectivity index (χ0) is 23.5. The number of rotatable bonds is 7. The molecule has 3 aromatic carbocycles. The minimum absolute atomic E-state index is 0.0739. The van der Waals surface area contributed by atoms with Crippen LogP contribution < -0.4 is 5.32 Å². The standard InChI is InChI=1S/C25H27ClN2O3S/c1-17-5-7-21(8-6-17)15-28(32(30,31)23-11-9-22(26)10-12-23)16-24(29)27-25-19(3)13-18(2)14-20(25)4/h5-14H,15-16H2,1-4H3,(H,27,29). The second-order valence-electron chi connectivity index (χ2n) is 8.03. The molecule has 3 aromatic rings. The highest BCUT2D eigenvalue weighted by molar-refractivity contribution is 7.89. The van der Waals surface area contributed by atoms with Gasteiger partial charge in [0.05, 0.1) is 11.4 Å². The van der Waals surface area contributed by atoms with E-state index in [9.17, 15) is 13.2 Å². The first-order valence-corrected chi connectivity index (χ1v) is 12.1. The van der Waals surface area contributed by atoms with E-state index >= 15 is 0 Å². The van der Waals surface area contributed by atoms with Crippen molar-refractivity contribution in [1.82, 2.24) is 4.31 Å². The maximum Gasteiger partial charge on any atom is 0.243 e. The number of anilines is 1. The fraction of sp³-hybridized carbons (Fsp3) is 0.240. The molecular formula is C25H27ClN2O3S. The van der Waals surface area contributed by atoms with Gasteiger partial charge in [-0.1, -0.05) is 59.1 Å². The molecule has 1 amide bonds. The average molecular weight is 471 g/mol. The number of carbonyl (C=O) groups excluding carboxylic acids is 1. The summed E-state index contributed by atoms with van der Waals surface area (Å²) in [7, 11) is -3.93. The Morgan fingerprint density at radius 2 is 1.44 bits per heavy atom. The summed E-state index contributed by atoms with van der Waals surface area (Å²) in [6.07, 6.45) is 0. The number of nitrogens with zero attached hydrogens (tertiary/aromatic N) is 1. The van der Waals surface area contributed by atoms with Gasteiger partial charge in [0.15, 0.2) is 0 Å². The Morgan fingerprint density at radius 1 is 0.875 bits per heavy atom. The molecule has 7 heteroatoms. The van der Waals surface area contributed by atoms with Crippen LogP contribution in [0, 0.1) is 27.7 Å². The number of carbonyl (C=O) groups is 1. The second kappa shape index (κ2) is 9.86. The minimum atomic E-state index is -3.93. The Kier molecular flexibility index (Phi) is 7.39. The van der Waals surface area contributed by atoms with Gasteiger partial charge in [-0.15, -0.1) is 0 Å². The van der Waals surface area contributed by atoms with Crippen molar-refractivity contribution in [3.05, 3.63) is 93.5 Å². The number of hydrogen-bond donors (Lipinski definition) is 1. The molecule has 0 aliphatic rings. The molecule has 32 heavy (non-hydrogen) atoms. The summed E-state index contributed by atoms with van der Waals surface area (Å²) in [5.74, 6) is -0.398. The van der Waals surface area contributed by atoms with Crippen molar-refractivity contribution in [2.24, 2.45) is 0 Å². The predicted molar refractivity (Wildman–Crippen MR) is 130 cm³/mol. The smallest absolute Gasteiger partial charge is 0.243 e. The van der Waals surface area contributed by atoms with Crippen LogP contribution >= 0.6 is 11.6 Å². The molecular weight excluding hydrogens is 444 g/mol. The fourth-order valence-electron chi connectivity index (χ4n) is 3.59. The lowest BCUT2D eigenvalue weighted by molar-refractivity contribution is -0.116. The molecule has 0 bridgehead atoms. The van der Waals surface area contributed by atoms with E-state index in [4.69, 9.17) is 11.6 Å². The SMILES string of the molecule is Cc1ccc(CN(CC(=O)Nc2c(C)cc(C)cc2C)S(=O)(=O)c2ccc(Cl)cc2)cc1. The van der Waals surface area contributed by atoms with Gasteiger partial charge in [-0.05, 0) is 68.7 Å². The van der Waals surface area contributed by atoms with Gasteiger partial charge in [0.25, 0.3) is 0 Å². The van der Waals surface area contributed by atoms with Crippen LogP contribution in [-0.2, 0) is 21.4 Å². The van der Waals surface area contributed by atoms with Crippen LogP contribution in [0.2, 0.25) is 5.02 Å². The molecule has 0 aliphatic carbocycles. The van der Waals surface area contributed by atoms with Crippen molar-refractivity contribution in [1.29, 1.82) is 0 Å². The van der Waals surface area contributed by atoms with Crippen LogP contribution in [-0.4, -0.2) is 25.2 Å². The lowest BCUT2D eigenvalue weighted by Crippen LogP contribution is -2.37. The summed E-state index contributed by atoms with van der Waals surface area (Å²) < 4.78 is 28.0. The Labute approximate surface area is 195 Å². The molecule has 0 spiro atoms. The van der Waals surface area contributed by atoms with Crippen molar-refractivity contribution in [2.45, 2.75) is 39.1 Å². The zero-order valence-electron chi connectivity index (χ0n) is 18.6. The number of benzene rings is 3. The van der Waals surface area contributed by atoms with Crippen LogP contribution in [0.15, 0.2) is 65.6 Å². The van der Waals surface area contributed by atoms with E-state index in [-0.39, 0.29) is 18.0 Å². The second-order valence-corrected chi connectivity index (χ2v) is 10.4. The molecule has 0 fully saturated rings. The minimum Gasteiger partial charge on any atom is -0.324 e. The van der Waals surface area contributed by atoms with Crippen molar-refractivity contribution >= 4 is 33.2 Å². The van der Waals surface area contributed by atoms with E-state index in [0.29, 0.717) is 10.7 Å². The van der Waals surface area contributed by atoms with Gasteiger partial charge in [0, 0.05) is 17.3 Å². The van der Waals surface area contributed by atoms with Gasteiger partial charge < -0.3 is 5.32 Å². The average Bonchev–Trinajstić information content (AvgIpc) is 2.72. The summed E-state index contributed by atoms with van der Waals surface area (Å²) >= 11 is 5.93. The third-order valence-electron chi connectivity index (χ3n) is 5.19. The summed E-state index contributed by atoms with van der Waals surface area (Å²) in [5, 5.41) is 3.34. The van der Waals surface area contributed by atoms with Gasteiger partial charge in [-0.25, -0.2) is 8.42 Å². The van der Waals surface area contributed by atoms with Crippen LogP contribution in [0.3, 0.4) is 0 Å². The third-order valence-corrected chi connectivity index (χ3v) is 7.25. The zero-order valence-corrected chi connectivity index (χ0v) is 20.2. The predicted octanol–water partition coefficient (Wildman–Crippen LogP) is 5.40. The van der Waals surface area contributed by atoms with E-state index in [0.717, 1.165) is 27.8 Å². The maximum atomic E-state index is 13.4. The number of hydrogen-bond acceptors (Lipinski definition) is 3. The van der Waals surface area contributed by atoms with Gasteiger partial charge in [0.2, 0.25) is 15.9 Å². The van der Waals surface area contributed by atoms with Crippen molar-refractivity contribution in [3.8, 4) is 0 Å². The fourth-order valence-corrected chi connectivity index (χ4v) is 5.11. The molecule has 0 saturated heterocycles. The van der Waals surface area contributed by atoms with Crippen molar-refractivity contribution in [3.63, 3.8) is 0 Å². The van der Waals surface area contributed by atoms with Crippen LogP contribution in [0.1, 0.15) is 27.8 Å². The van der Waals surface area contributed by atoms with Gasteiger partial charge in [0.1, 0.15) is 0 Å². The molecule has 0 unspecified atom stereocenters. The summed E-state index contributed by atoms with van der Waals surface area (Å²) in [5.41, 5.74) is 5.54. The largest absolute Gasteiger partial charge is 0.324 e. The molecule has 168 valence electrons. The van der Waals surface area contributed by atoms with Gasteiger partial charge in [-0.3, -0.25) is 4.79 Å². The topological polar surface area (TPSA) is 66.5 Å². The van der Waals surface area contributed by atoms with E-state index < -0.39 is 15.9 Å². The Hall–Kier alpha value is -2.67. The highest BCUT2D eigenvalue weighted by Gasteiger charge is 2.27. The number of nitrogens with one attached hydrogen (secondary N) is 1. The molecule has 0 radical (unpaired) electrons. The summed E-state index contributed by atoms with van der Waals surface area (Å²) in [6.45, 7) is 7.56. The number of aryl methyl sites for hydroxylation is 4. The maximum absolute atomic E-state index is 13.4. The molecule has 0 saturated carbocycles. The lowest BCUT2D eigenvalue weighted by Gasteiger charge is -2.23. The van der Waals surface area contributed by atoms with Gasteiger partial charge in [-0.2, -0.15) is 4.31 Å². The van der Waals surface area contributed by atoms with E-state index in [2.05, 4.69) is 5.32 Å². The molecule has 1 N–H and O–H groups in total. The number of sulfonamides is 1. The van der Waals surface area contributed by atoms with E-state index in [1.54, 1.807) is 0 Å². The first-order chi connectivity index (χ1) is 15.1. The Morgan fingerprint density at radius 3 is 2.00 bits per heavy atom. The molecule has 0 atom stereocenters. The highest BCUT2D eigenvalue weighted by atomic mass is 35.5. The Balaban J connectivity index is 1.90. The Bertz CT molecular complexity index is 1200. The molecule has 5 nitrogen and oxygen atoms in total. The molecule has 0 heterocycles. The number of amides is 1. The van der Waals surface area contributed by atoms with E-state index in [1.165, 1.54) is 28.6 Å². The first-order valence-electron chi connectivity index (χ1n) is 10.3. The van der Waals surface area contributed by atoms with Crippen LogP contribution in [0.5, 0.6) is 0 Å². The van der Waals surface area contributed by atoms with Crippen LogP contribution in [0.4, 0.5) is 5.69 Å². The molecule has 3 rings (SSSR count). The monoisotopic (exact) mass is 470 g/mol. The van der Waals surface area contributed by atoms with Crippen LogP contribution in [0.25, 0.3) is 0 Å². The lowest BCUT2D eigenvalue weighted by atomic mass is 10.1. The van der Waals surface area contributed by atoms with Crippen molar-refractivity contribution < 1.29 is 13.2 Å². The first kappa shape index (κ1) is 24.0. The summed E-state index contributed by atoms with van der Waals surface area (Å²) in [4.78, 5) is 13.0. The molecule has 0 aliphatic heterocycles. The van der Waals surface area contributed by atoms with Gasteiger partial charge >= 0.3 is 0 Å². The van der Waals surface area contributed by atoms with Crippen molar-refractivity contribution in [2.75, 3.05) is 11.9 Å². The quantitative estimate of drug-likeness (QED) is 0.502. The normalized spacial score (nSPS) is 11.6. The summed E-state index contributed by atoms with van der Waals surface area (Å²) in [6, 6.07) is 17.5. The highest BCUT2D eigenvalue weighted by Crippen LogP contribution is 2.24. The number of halogens is 1. The molecule has 0 aromatic heterocycles. The third kappa shape index (κ3) is 5.76.